The van der Waals surface area contributed by atoms with Gasteiger partial charge in [0.25, 0.3) is 0 Å². The summed E-state index contributed by atoms with van der Waals surface area (Å²) in [6.07, 6.45) is 0. The zero-order valence-corrected chi connectivity index (χ0v) is 8.63. The topological polar surface area (TPSA) is 68.8 Å². The number of hydrogen-bond donors (Lipinski definition) is 2. The summed E-state index contributed by atoms with van der Waals surface area (Å²) in [5.41, 5.74) is 5.52. The van der Waals surface area contributed by atoms with Crippen molar-refractivity contribution in [3.63, 3.8) is 0 Å². The molecular weight excluding hydrogens is 166 g/mol. The summed E-state index contributed by atoms with van der Waals surface area (Å²) in [5, 5.41) is 11.0. The van der Waals surface area contributed by atoms with Gasteiger partial charge in [-0.3, -0.25) is 4.57 Å². The Morgan fingerprint density at radius 3 is 2.38 bits per heavy atom. The maximum absolute atomic E-state index is 5.56. The molecule has 74 valence electrons. The predicted molar refractivity (Wildman–Crippen MR) is 52.5 cm³/mol. The molecule has 13 heavy (non-hydrogen) atoms. The van der Waals surface area contributed by atoms with Crippen LogP contribution in [0.1, 0.15) is 26.6 Å². The number of aromatic nitrogens is 3. The lowest BCUT2D eigenvalue weighted by Crippen LogP contribution is -2.26. The second-order valence-electron chi connectivity index (χ2n) is 3.90. The first-order valence-corrected chi connectivity index (χ1v) is 4.33. The number of nitrogens with one attached hydrogen (secondary N) is 1. The van der Waals surface area contributed by atoms with Crippen LogP contribution in [0.3, 0.4) is 0 Å². The van der Waals surface area contributed by atoms with Crippen molar-refractivity contribution >= 4 is 5.95 Å². The number of nitrogens with zero attached hydrogens (tertiary/aromatic N) is 3. The molecule has 1 aromatic heterocycles. The number of nitrogens with two attached hydrogens (primary N) is 1. The van der Waals surface area contributed by atoms with Gasteiger partial charge in [-0.2, -0.15) is 0 Å². The lowest BCUT2D eigenvalue weighted by molar-refractivity contribution is 0.387. The summed E-state index contributed by atoms with van der Waals surface area (Å²) in [5.74, 6) is 1.56. The highest BCUT2D eigenvalue weighted by Crippen LogP contribution is 2.20. The van der Waals surface area contributed by atoms with E-state index in [4.69, 9.17) is 5.73 Å². The van der Waals surface area contributed by atoms with Crippen LogP contribution in [0.15, 0.2) is 0 Å². The minimum absolute atomic E-state index is 0.0451. The highest BCUT2D eigenvalue weighted by atomic mass is 15.4. The van der Waals surface area contributed by atoms with Crippen LogP contribution >= 0.6 is 0 Å². The fourth-order valence-corrected chi connectivity index (χ4v) is 1.32. The molecule has 0 saturated carbocycles. The molecule has 5 heteroatoms. The third kappa shape index (κ3) is 1.80. The van der Waals surface area contributed by atoms with Crippen molar-refractivity contribution in [2.24, 2.45) is 5.73 Å². The van der Waals surface area contributed by atoms with E-state index >= 15 is 0 Å². The summed E-state index contributed by atoms with van der Waals surface area (Å²) in [6.45, 7) is 6.69. The van der Waals surface area contributed by atoms with E-state index in [1.54, 1.807) is 0 Å². The SMILES string of the molecule is CNc1nnc(CN)n1C(C)(C)C. The van der Waals surface area contributed by atoms with E-state index in [-0.39, 0.29) is 5.54 Å². The Morgan fingerprint density at radius 2 is 2.00 bits per heavy atom. The zero-order chi connectivity index (χ0) is 10.1. The summed E-state index contributed by atoms with van der Waals surface area (Å²) in [6, 6.07) is 0. The largest absolute Gasteiger partial charge is 0.357 e. The summed E-state index contributed by atoms with van der Waals surface area (Å²) >= 11 is 0. The Kier molecular flexibility index (Phi) is 2.56. The van der Waals surface area contributed by atoms with E-state index in [0.29, 0.717) is 6.54 Å². The van der Waals surface area contributed by atoms with Gasteiger partial charge in [-0.05, 0) is 20.8 Å². The summed E-state index contributed by atoms with van der Waals surface area (Å²) in [4.78, 5) is 0. The average molecular weight is 183 g/mol. The lowest BCUT2D eigenvalue weighted by Gasteiger charge is -2.24. The maximum atomic E-state index is 5.56. The fourth-order valence-electron chi connectivity index (χ4n) is 1.32. The van der Waals surface area contributed by atoms with Crippen molar-refractivity contribution in [1.82, 2.24) is 14.8 Å². The molecule has 0 atom stereocenters. The molecule has 0 radical (unpaired) electrons. The van der Waals surface area contributed by atoms with Gasteiger partial charge in [0.2, 0.25) is 5.95 Å². The molecule has 0 fully saturated rings. The lowest BCUT2D eigenvalue weighted by atomic mass is 10.1. The van der Waals surface area contributed by atoms with Crippen LogP contribution in [0.2, 0.25) is 0 Å². The van der Waals surface area contributed by atoms with Crippen molar-refractivity contribution in [3.8, 4) is 0 Å². The molecule has 0 aliphatic rings. The highest BCUT2D eigenvalue weighted by Gasteiger charge is 2.21. The second kappa shape index (κ2) is 3.33. The van der Waals surface area contributed by atoms with Crippen molar-refractivity contribution in [2.45, 2.75) is 32.9 Å². The van der Waals surface area contributed by atoms with Gasteiger partial charge >= 0.3 is 0 Å². The van der Waals surface area contributed by atoms with Crippen molar-refractivity contribution in [1.29, 1.82) is 0 Å². The normalized spacial score (nSPS) is 11.8. The molecule has 1 heterocycles. The Labute approximate surface area is 78.3 Å². The molecule has 0 unspecified atom stereocenters. The molecule has 5 nitrogen and oxygen atoms in total. The van der Waals surface area contributed by atoms with Gasteiger partial charge in [0.15, 0.2) is 0 Å². The first-order valence-electron chi connectivity index (χ1n) is 4.33. The van der Waals surface area contributed by atoms with E-state index in [1.807, 2.05) is 11.6 Å². The third-order valence-electron chi connectivity index (χ3n) is 1.81. The van der Waals surface area contributed by atoms with Crippen LogP contribution in [-0.4, -0.2) is 21.8 Å². The number of hydrogen-bond acceptors (Lipinski definition) is 4. The van der Waals surface area contributed by atoms with Crippen molar-refractivity contribution in [2.75, 3.05) is 12.4 Å². The van der Waals surface area contributed by atoms with Crippen molar-refractivity contribution < 1.29 is 0 Å². The third-order valence-corrected chi connectivity index (χ3v) is 1.81. The monoisotopic (exact) mass is 183 g/mol. The van der Waals surface area contributed by atoms with E-state index < -0.39 is 0 Å². The van der Waals surface area contributed by atoms with Gasteiger partial charge in [0, 0.05) is 12.6 Å². The Bertz CT molecular complexity index is 262. The highest BCUT2D eigenvalue weighted by molar-refractivity contribution is 5.26. The summed E-state index contributed by atoms with van der Waals surface area (Å²) < 4.78 is 2.01. The smallest absolute Gasteiger partial charge is 0.224 e. The molecule has 0 amide bonds. The van der Waals surface area contributed by atoms with E-state index in [2.05, 4.69) is 36.3 Å². The molecule has 0 aliphatic heterocycles. The van der Waals surface area contributed by atoms with Crippen LogP contribution in [0.25, 0.3) is 0 Å². The first-order chi connectivity index (χ1) is 6.00. The maximum Gasteiger partial charge on any atom is 0.224 e. The summed E-state index contributed by atoms with van der Waals surface area (Å²) in [7, 11) is 1.83. The van der Waals surface area contributed by atoms with Gasteiger partial charge in [0.05, 0.1) is 6.54 Å². The molecule has 1 rings (SSSR count). The van der Waals surface area contributed by atoms with E-state index in [0.717, 1.165) is 11.8 Å². The zero-order valence-electron chi connectivity index (χ0n) is 8.63. The van der Waals surface area contributed by atoms with Crippen LogP contribution in [0.4, 0.5) is 5.95 Å². The van der Waals surface area contributed by atoms with Gasteiger partial charge in [-0.1, -0.05) is 0 Å². The minimum atomic E-state index is -0.0451. The fraction of sp³-hybridized carbons (Fsp3) is 0.750. The Balaban J connectivity index is 3.20. The Morgan fingerprint density at radius 1 is 1.38 bits per heavy atom. The number of anilines is 1. The molecule has 0 aromatic carbocycles. The minimum Gasteiger partial charge on any atom is -0.357 e. The molecule has 0 bridgehead atoms. The standard InChI is InChI=1S/C8H17N5/c1-8(2,3)13-6(5-9)11-12-7(13)10-4/h5,9H2,1-4H3,(H,10,12). The average Bonchev–Trinajstić information content (AvgIpc) is 2.45. The molecule has 0 saturated heterocycles. The van der Waals surface area contributed by atoms with Crippen molar-refractivity contribution in [3.05, 3.63) is 5.82 Å². The van der Waals surface area contributed by atoms with Gasteiger partial charge in [0.1, 0.15) is 5.82 Å². The van der Waals surface area contributed by atoms with Gasteiger partial charge in [-0.25, -0.2) is 0 Å². The number of rotatable bonds is 2. The Hall–Kier alpha value is -1.10. The predicted octanol–water partition coefficient (Wildman–Crippen LogP) is 0.533. The van der Waals surface area contributed by atoms with E-state index in [9.17, 15) is 0 Å². The first kappa shape index (κ1) is 9.98. The van der Waals surface area contributed by atoms with Gasteiger partial charge in [-0.15, -0.1) is 10.2 Å². The molecule has 1 aromatic rings. The van der Waals surface area contributed by atoms with E-state index in [1.165, 1.54) is 0 Å². The van der Waals surface area contributed by atoms with Gasteiger partial charge < -0.3 is 11.1 Å². The molecule has 0 aliphatic carbocycles. The molecular formula is C8H17N5. The van der Waals surface area contributed by atoms with Crippen LogP contribution in [0.5, 0.6) is 0 Å². The quantitative estimate of drug-likeness (QED) is 0.702. The van der Waals surface area contributed by atoms with Crippen LogP contribution in [-0.2, 0) is 12.1 Å². The molecule has 0 spiro atoms. The molecule has 3 N–H and O–H groups in total. The van der Waals surface area contributed by atoms with Crippen LogP contribution in [0, 0.1) is 0 Å². The van der Waals surface area contributed by atoms with Crippen LogP contribution < -0.4 is 11.1 Å². The second-order valence-corrected chi connectivity index (χ2v) is 3.90.